The third kappa shape index (κ3) is 3.96. The summed E-state index contributed by atoms with van der Waals surface area (Å²) in [7, 11) is 0. The zero-order chi connectivity index (χ0) is 19.9. The summed E-state index contributed by atoms with van der Waals surface area (Å²) >= 11 is 0. The van der Waals surface area contributed by atoms with Gasteiger partial charge in [0, 0.05) is 25.2 Å². The lowest BCUT2D eigenvalue weighted by Crippen LogP contribution is -2.42. The summed E-state index contributed by atoms with van der Waals surface area (Å²) in [6.45, 7) is -0.990. The molecule has 1 aliphatic rings. The lowest BCUT2D eigenvalue weighted by molar-refractivity contribution is -0.393. The van der Waals surface area contributed by atoms with E-state index in [0.29, 0.717) is 0 Å². The van der Waals surface area contributed by atoms with Crippen molar-refractivity contribution in [3.05, 3.63) is 37.9 Å². The van der Waals surface area contributed by atoms with Gasteiger partial charge in [0.15, 0.2) is 5.69 Å². The fourth-order valence-electron chi connectivity index (χ4n) is 2.82. The molecular formula is C13H11F6N3O4. The first-order valence-corrected chi connectivity index (χ1v) is 7.18. The molecule has 0 radical (unpaired) electrons. The Balaban J connectivity index is 2.63. The highest BCUT2D eigenvalue weighted by Crippen LogP contribution is 2.45. The maximum absolute atomic E-state index is 12.9. The summed E-state index contributed by atoms with van der Waals surface area (Å²) in [6.07, 6.45) is -10.1. The van der Waals surface area contributed by atoms with Crippen molar-refractivity contribution >= 4 is 17.1 Å². The number of halogens is 6. The molecule has 0 unspecified atom stereocenters. The van der Waals surface area contributed by atoms with Crippen LogP contribution in [0.5, 0.6) is 0 Å². The quantitative estimate of drug-likeness (QED) is 0.438. The summed E-state index contributed by atoms with van der Waals surface area (Å²) in [6, 6.07) is 0.194. The van der Waals surface area contributed by atoms with Crippen LogP contribution in [0.25, 0.3) is 0 Å². The number of nitro groups is 2. The van der Waals surface area contributed by atoms with Gasteiger partial charge in [0.05, 0.1) is 21.3 Å². The average Bonchev–Trinajstić information content (AvgIpc) is 2.51. The average molecular weight is 387 g/mol. The van der Waals surface area contributed by atoms with Crippen molar-refractivity contribution in [2.24, 2.45) is 5.92 Å². The molecule has 1 atom stereocenters. The van der Waals surface area contributed by atoms with Crippen LogP contribution in [0.3, 0.4) is 0 Å². The van der Waals surface area contributed by atoms with Crippen molar-refractivity contribution in [2.75, 3.05) is 18.0 Å². The van der Waals surface area contributed by atoms with Gasteiger partial charge >= 0.3 is 12.4 Å². The topological polar surface area (TPSA) is 89.5 Å². The summed E-state index contributed by atoms with van der Waals surface area (Å²) in [5.74, 6) is -1.89. The van der Waals surface area contributed by atoms with Gasteiger partial charge in [-0.2, -0.15) is 26.3 Å². The van der Waals surface area contributed by atoms with Crippen LogP contribution in [0.15, 0.2) is 12.1 Å². The molecule has 1 heterocycles. The molecule has 1 saturated heterocycles. The van der Waals surface area contributed by atoms with E-state index in [0.717, 1.165) is 4.90 Å². The van der Waals surface area contributed by atoms with E-state index in [1.807, 2.05) is 0 Å². The predicted octanol–water partition coefficient (Wildman–Crippen LogP) is 4.30. The van der Waals surface area contributed by atoms with Gasteiger partial charge in [0.25, 0.3) is 11.4 Å². The molecule has 13 heteroatoms. The number of benzene rings is 1. The predicted molar refractivity (Wildman–Crippen MR) is 75.7 cm³/mol. The Bertz CT molecular complexity index is 699. The minimum Gasteiger partial charge on any atom is -0.360 e. The van der Waals surface area contributed by atoms with Gasteiger partial charge in [0.1, 0.15) is 0 Å². The second-order valence-electron chi connectivity index (χ2n) is 5.70. The van der Waals surface area contributed by atoms with Gasteiger partial charge in [-0.25, -0.2) is 0 Å². The van der Waals surface area contributed by atoms with Gasteiger partial charge < -0.3 is 4.90 Å². The van der Waals surface area contributed by atoms with E-state index in [2.05, 4.69) is 0 Å². The van der Waals surface area contributed by atoms with Crippen LogP contribution in [-0.2, 0) is 6.18 Å². The SMILES string of the molecule is O=[N+]([O-])c1cc(C(F)(F)F)cc([N+](=O)[O-])c1N1CCC[C@H](C(F)(F)F)C1. The van der Waals surface area contributed by atoms with Crippen LogP contribution in [-0.4, -0.2) is 29.1 Å². The molecule has 0 saturated carbocycles. The molecule has 0 N–H and O–H groups in total. The fourth-order valence-corrected chi connectivity index (χ4v) is 2.82. The first-order valence-electron chi connectivity index (χ1n) is 7.18. The fraction of sp³-hybridized carbons (Fsp3) is 0.538. The van der Waals surface area contributed by atoms with Crippen LogP contribution in [0.1, 0.15) is 18.4 Å². The Kier molecular flexibility index (Phi) is 5.01. The van der Waals surface area contributed by atoms with Crippen LogP contribution in [0.2, 0.25) is 0 Å². The highest BCUT2D eigenvalue weighted by Gasteiger charge is 2.45. The largest absolute Gasteiger partial charge is 0.416 e. The van der Waals surface area contributed by atoms with Crippen molar-refractivity contribution in [1.29, 1.82) is 0 Å². The van der Waals surface area contributed by atoms with Gasteiger partial charge in [-0.1, -0.05) is 0 Å². The highest BCUT2D eigenvalue weighted by molar-refractivity contribution is 5.76. The van der Waals surface area contributed by atoms with E-state index >= 15 is 0 Å². The molecule has 1 aliphatic heterocycles. The smallest absolute Gasteiger partial charge is 0.360 e. The highest BCUT2D eigenvalue weighted by atomic mass is 19.4. The van der Waals surface area contributed by atoms with Crippen molar-refractivity contribution in [3.8, 4) is 0 Å². The summed E-state index contributed by atoms with van der Waals surface area (Å²) < 4.78 is 77.4. The first-order chi connectivity index (χ1) is 11.8. The van der Waals surface area contributed by atoms with E-state index in [-0.39, 0.29) is 31.5 Å². The van der Waals surface area contributed by atoms with Crippen LogP contribution in [0.4, 0.5) is 43.4 Å². The van der Waals surface area contributed by atoms with Gasteiger partial charge in [-0.15, -0.1) is 0 Å². The molecule has 1 aromatic rings. The van der Waals surface area contributed by atoms with Crippen molar-refractivity contribution in [3.63, 3.8) is 0 Å². The number of anilines is 1. The second-order valence-corrected chi connectivity index (χ2v) is 5.70. The van der Waals surface area contributed by atoms with E-state index in [4.69, 9.17) is 0 Å². The standard InChI is InChI=1S/C13H11F6N3O4/c14-12(15,16)7-2-1-3-20(6-7)11-9(21(23)24)4-8(13(17,18)19)5-10(11)22(25)26/h4-5,7H,1-3,6H2/t7-/m0/s1. The van der Waals surface area contributed by atoms with E-state index in [1.54, 1.807) is 0 Å². The minimum atomic E-state index is -5.09. The molecule has 0 aromatic heterocycles. The van der Waals surface area contributed by atoms with Crippen LogP contribution in [0, 0.1) is 26.1 Å². The number of hydrogen-bond donors (Lipinski definition) is 0. The summed E-state index contributed by atoms with van der Waals surface area (Å²) in [5.41, 5.74) is -4.98. The molecular weight excluding hydrogens is 376 g/mol. The van der Waals surface area contributed by atoms with Gasteiger partial charge in [-0.3, -0.25) is 20.2 Å². The lowest BCUT2D eigenvalue weighted by Gasteiger charge is -2.34. The molecule has 0 spiro atoms. The maximum Gasteiger partial charge on any atom is 0.416 e. The van der Waals surface area contributed by atoms with Gasteiger partial charge in [0.2, 0.25) is 0 Å². The summed E-state index contributed by atoms with van der Waals surface area (Å²) in [5, 5.41) is 22.3. The Hall–Kier alpha value is -2.60. The maximum atomic E-state index is 12.9. The molecule has 26 heavy (non-hydrogen) atoms. The molecule has 144 valence electrons. The molecule has 7 nitrogen and oxygen atoms in total. The zero-order valence-corrected chi connectivity index (χ0v) is 12.8. The molecule has 1 aromatic carbocycles. The molecule has 1 fully saturated rings. The van der Waals surface area contributed by atoms with Crippen LogP contribution >= 0.6 is 0 Å². The number of nitrogens with zero attached hydrogens (tertiary/aromatic N) is 3. The Morgan fingerprint density at radius 1 is 1.00 bits per heavy atom. The number of rotatable bonds is 3. The lowest BCUT2D eigenvalue weighted by atomic mass is 9.96. The second kappa shape index (κ2) is 6.61. The number of piperidine rings is 1. The zero-order valence-electron chi connectivity index (χ0n) is 12.8. The molecule has 0 aliphatic carbocycles. The van der Waals surface area contributed by atoms with E-state index in [9.17, 15) is 46.6 Å². The molecule has 2 rings (SSSR count). The third-order valence-corrected chi connectivity index (χ3v) is 3.99. The summed E-state index contributed by atoms with van der Waals surface area (Å²) in [4.78, 5) is 20.6. The molecule has 0 amide bonds. The molecule has 0 bridgehead atoms. The van der Waals surface area contributed by atoms with E-state index in [1.165, 1.54) is 0 Å². The normalized spacial score (nSPS) is 18.7. The van der Waals surface area contributed by atoms with Crippen molar-refractivity contribution in [1.82, 2.24) is 0 Å². The Labute approximate surface area is 141 Å². The van der Waals surface area contributed by atoms with Crippen molar-refractivity contribution < 1.29 is 36.2 Å². The van der Waals surface area contributed by atoms with E-state index < -0.39 is 57.3 Å². The number of hydrogen-bond acceptors (Lipinski definition) is 5. The van der Waals surface area contributed by atoms with Crippen LogP contribution < -0.4 is 4.90 Å². The van der Waals surface area contributed by atoms with Crippen molar-refractivity contribution in [2.45, 2.75) is 25.2 Å². The third-order valence-electron chi connectivity index (χ3n) is 3.99. The first kappa shape index (κ1) is 19.7. The Morgan fingerprint density at radius 3 is 1.88 bits per heavy atom. The Morgan fingerprint density at radius 2 is 1.50 bits per heavy atom. The number of nitro benzene ring substituents is 2. The number of alkyl halides is 6. The monoisotopic (exact) mass is 387 g/mol. The minimum absolute atomic E-state index is 0.0699. The van der Waals surface area contributed by atoms with Gasteiger partial charge in [-0.05, 0) is 12.8 Å².